The lowest BCUT2D eigenvalue weighted by Crippen LogP contribution is -2.44. The van der Waals surface area contributed by atoms with Crippen molar-refractivity contribution < 1.29 is 19.5 Å². The Hall–Kier alpha value is -4.30. The Morgan fingerprint density at radius 1 is 0.973 bits per heavy atom. The van der Waals surface area contributed by atoms with Gasteiger partial charge in [0, 0.05) is 40.5 Å². The Balaban J connectivity index is 1.29. The zero-order valence-corrected chi connectivity index (χ0v) is 21.2. The van der Waals surface area contributed by atoms with E-state index in [2.05, 4.69) is 10.3 Å². The predicted octanol–water partition coefficient (Wildman–Crippen LogP) is 5.79. The van der Waals surface area contributed by atoms with E-state index in [4.69, 9.17) is 0 Å². The van der Waals surface area contributed by atoms with Crippen molar-refractivity contribution in [1.82, 2.24) is 9.88 Å². The predicted molar refractivity (Wildman–Crippen MR) is 144 cm³/mol. The lowest BCUT2D eigenvalue weighted by atomic mass is 10.00. The average Bonchev–Trinajstić information content (AvgIpc) is 3.53. The molecule has 0 aliphatic carbocycles. The molecule has 0 spiro atoms. The largest absolute Gasteiger partial charge is 0.480 e. The third kappa shape index (κ3) is 4.88. The Labute approximate surface area is 218 Å². The normalized spacial score (nSPS) is 13.5. The third-order valence-corrected chi connectivity index (χ3v) is 7.29. The second-order valence-corrected chi connectivity index (χ2v) is 10.2. The molecule has 0 bridgehead atoms. The van der Waals surface area contributed by atoms with Gasteiger partial charge in [0.25, 0.3) is 11.8 Å². The van der Waals surface area contributed by atoms with Crippen LogP contribution in [0.3, 0.4) is 0 Å². The number of nitrogens with zero attached hydrogens (tertiary/aromatic N) is 2. The number of thiazole rings is 1. The fourth-order valence-electron chi connectivity index (χ4n) is 4.59. The number of fused-ring (bicyclic) bond motifs is 1. The first-order valence-corrected chi connectivity index (χ1v) is 12.8. The van der Waals surface area contributed by atoms with Gasteiger partial charge in [-0.1, -0.05) is 50.2 Å². The van der Waals surface area contributed by atoms with Crippen LogP contribution in [0.1, 0.15) is 40.1 Å². The molecule has 5 rings (SSSR count). The molecule has 7 nitrogen and oxygen atoms in total. The van der Waals surface area contributed by atoms with Crippen LogP contribution < -0.4 is 5.32 Å². The maximum absolute atomic E-state index is 13.0. The highest BCUT2D eigenvalue weighted by molar-refractivity contribution is 7.13. The van der Waals surface area contributed by atoms with Gasteiger partial charge in [0.2, 0.25) is 0 Å². The van der Waals surface area contributed by atoms with Crippen molar-refractivity contribution in [2.24, 2.45) is 5.92 Å². The molecule has 4 aromatic rings. The van der Waals surface area contributed by atoms with Crippen LogP contribution in [-0.4, -0.2) is 38.8 Å². The van der Waals surface area contributed by atoms with Gasteiger partial charge in [-0.25, -0.2) is 9.78 Å². The maximum atomic E-state index is 13.0. The lowest BCUT2D eigenvalue weighted by Gasteiger charge is -2.27. The van der Waals surface area contributed by atoms with E-state index in [0.29, 0.717) is 23.4 Å². The van der Waals surface area contributed by atoms with E-state index in [1.54, 1.807) is 43.5 Å². The van der Waals surface area contributed by atoms with Crippen LogP contribution in [0.4, 0.5) is 5.69 Å². The maximum Gasteiger partial charge on any atom is 0.326 e. The third-order valence-electron chi connectivity index (χ3n) is 6.46. The summed E-state index contributed by atoms with van der Waals surface area (Å²) >= 11 is 1.55. The summed E-state index contributed by atoms with van der Waals surface area (Å²) in [6.07, 6.45) is 1.75. The van der Waals surface area contributed by atoms with Gasteiger partial charge < -0.3 is 15.3 Å². The number of nitrogens with one attached hydrogen (secondary N) is 1. The van der Waals surface area contributed by atoms with E-state index in [1.807, 2.05) is 60.0 Å². The van der Waals surface area contributed by atoms with E-state index in [1.165, 1.54) is 4.90 Å². The number of carboxylic acid groups (broad SMARTS) is 1. The summed E-state index contributed by atoms with van der Waals surface area (Å²) in [6.45, 7) is 3.90. The number of carbonyl (C=O) groups is 3. The molecule has 3 aromatic carbocycles. The number of benzene rings is 3. The zero-order chi connectivity index (χ0) is 26.1. The summed E-state index contributed by atoms with van der Waals surface area (Å²) in [5, 5.41) is 15.4. The summed E-state index contributed by atoms with van der Waals surface area (Å²) in [5.41, 5.74) is 5.26. The van der Waals surface area contributed by atoms with E-state index < -0.39 is 12.0 Å². The van der Waals surface area contributed by atoms with Crippen molar-refractivity contribution in [3.05, 3.63) is 95.0 Å². The molecular weight excluding hydrogens is 486 g/mol. The molecule has 2 amide bonds. The number of aliphatic carboxylic acids is 1. The van der Waals surface area contributed by atoms with E-state index >= 15 is 0 Å². The van der Waals surface area contributed by atoms with Crippen molar-refractivity contribution in [2.45, 2.75) is 26.4 Å². The SMILES string of the molecule is CC(C)[C@@H](C(=O)O)N1Cc2ccc(-c3ccc(NC(=O)c4ccc(-c5nccs5)cc4)cc3)cc2C1=O. The lowest BCUT2D eigenvalue weighted by molar-refractivity contribution is -0.144. The number of carbonyl (C=O) groups excluding carboxylic acids is 2. The molecular formula is C29H25N3O4S. The molecule has 1 aliphatic heterocycles. The zero-order valence-electron chi connectivity index (χ0n) is 20.3. The van der Waals surface area contributed by atoms with Gasteiger partial charge >= 0.3 is 5.97 Å². The molecule has 0 saturated heterocycles. The first kappa shape index (κ1) is 24.4. The Kier molecular flexibility index (Phi) is 6.58. The van der Waals surface area contributed by atoms with Gasteiger partial charge in [0.05, 0.1) is 0 Å². The highest BCUT2D eigenvalue weighted by Crippen LogP contribution is 2.32. The van der Waals surface area contributed by atoms with Crippen LogP contribution >= 0.6 is 11.3 Å². The van der Waals surface area contributed by atoms with E-state index in [-0.39, 0.29) is 17.7 Å². The highest BCUT2D eigenvalue weighted by Gasteiger charge is 2.38. The minimum atomic E-state index is -0.996. The average molecular weight is 512 g/mol. The van der Waals surface area contributed by atoms with E-state index in [9.17, 15) is 19.5 Å². The number of aromatic nitrogens is 1. The Morgan fingerprint density at radius 3 is 2.27 bits per heavy atom. The van der Waals surface area contributed by atoms with Gasteiger partial charge in [0.15, 0.2) is 0 Å². The molecule has 0 radical (unpaired) electrons. The fourth-order valence-corrected chi connectivity index (χ4v) is 5.23. The summed E-state index contributed by atoms with van der Waals surface area (Å²) in [6, 6.07) is 19.5. The van der Waals surface area contributed by atoms with Crippen molar-refractivity contribution in [1.29, 1.82) is 0 Å². The monoisotopic (exact) mass is 511 g/mol. The summed E-state index contributed by atoms with van der Waals surface area (Å²) in [7, 11) is 0. The molecule has 1 aromatic heterocycles. The number of hydrogen-bond acceptors (Lipinski definition) is 5. The number of amides is 2. The Bertz CT molecular complexity index is 1460. The Morgan fingerprint density at radius 2 is 1.65 bits per heavy atom. The van der Waals surface area contributed by atoms with Gasteiger partial charge in [-0.2, -0.15) is 0 Å². The van der Waals surface area contributed by atoms with Crippen LogP contribution in [0, 0.1) is 5.92 Å². The minimum absolute atomic E-state index is 0.200. The van der Waals surface area contributed by atoms with Crippen LogP contribution in [0.5, 0.6) is 0 Å². The molecule has 1 aliphatic rings. The van der Waals surface area contributed by atoms with Crippen molar-refractivity contribution >= 4 is 34.8 Å². The summed E-state index contributed by atoms with van der Waals surface area (Å²) in [4.78, 5) is 43.2. The molecule has 1 atom stereocenters. The molecule has 0 unspecified atom stereocenters. The number of rotatable bonds is 7. The highest BCUT2D eigenvalue weighted by atomic mass is 32.1. The van der Waals surface area contributed by atoms with Gasteiger partial charge in [0.1, 0.15) is 11.0 Å². The molecule has 0 fully saturated rings. The van der Waals surface area contributed by atoms with Gasteiger partial charge in [-0.05, 0) is 52.9 Å². The number of hydrogen-bond donors (Lipinski definition) is 2. The van der Waals surface area contributed by atoms with Crippen LogP contribution in [-0.2, 0) is 11.3 Å². The minimum Gasteiger partial charge on any atom is -0.480 e. The molecule has 0 saturated carbocycles. The van der Waals surface area contributed by atoms with Crippen molar-refractivity contribution in [2.75, 3.05) is 5.32 Å². The first-order valence-electron chi connectivity index (χ1n) is 11.9. The summed E-state index contributed by atoms with van der Waals surface area (Å²) in [5.74, 6) is -1.67. The number of carboxylic acids is 1. The first-order chi connectivity index (χ1) is 17.8. The van der Waals surface area contributed by atoms with Gasteiger partial charge in [-0.3, -0.25) is 9.59 Å². The fraction of sp³-hybridized carbons (Fsp3) is 0.172. The van der Waals surface area contributed by atoms with E-state index in [0.717, 1.165) is 27.3 Å². The van der Waals surface area contributed by atoms with Crippen LogP contribution in [0.25, 0.3) is 21.7 Å². The summed E-state index contributed by atoms with van der Waals surface area (Å²) < 4.78 is 0. The quantitative estimate of drug-likeness (QED) is 0.327. The second-order valence-electron chi connectivity index (χ2n) is 9.28. The van der Waals surface area contributed by atoms with Crippen molar-refractivity contribution in [3.63, 3.8) is 0 Å². The van der Waals surface area contributed by atoms with Crippen LogP contribution in [0.15, 0.2) is 78.3 Å². The standard InChI is InChI=1S/C29H25N3O4S/c1-17(2)25(29(35)36)32-16-22-8-7-21(15-24(22)28(32)34)18-9-11-23(12-10-18)31-26(33)19-3-5-20(6-4-19)27-30-13-14-37-27/h3-15,17,25H,16H2,1-2H3,(H,31,33)(H,35,36)/t25-/m0/s1. The molecule has 8 heteroatoms. The van der Waals surface area contributed by atoms with Gasteiger partial charge in [-0.15, -0.1) is 11.3 Å². The number of anilines is 1. The molecule has 2 N–H and O–H groups in total. The molecule has 186 valence electrons. The van der Waals surface area contributed by atoms with Crippen LogP contribution in [0.2, 0.25) is 0 Å². The van der Waals surface area contributed by atoms with Crippen molar-refractivity contribution in [3.8, 4) is 21.7 Å². The molecule has 37 heavy (non-hydrogen) atoms. The smallest absolute Gasteiger partial charge is 0.326 e. The topological polar surface area (TPSA) is 99.6 Å². The molecule has 2 heterocycles. The second kappa shape index (κ2) is 9.99.